The van der Waals surface area contributed by atoms with Crippen molar-refractivity contribution in [1.82, 2.24) is 10.2 Å². The number of amides is 2. The fourth-order valence-corrected chi connectivity index (χ4v) is 3.13. The topological polar surface area (TPSA) is 49.4 Å². The molecule has 0 radical (unpaired) electrons. The van der Waals surface area contributed by atoms with Gasteiger partial charge >= 0.3 is 0 Å². The van der Waals surface area contributed by atoms with E-state index < -0.39 is 17.4 Å². The molecule has 0 heterocycles. The van der Waals surface area contributed by atoms with Crippen LogP contribution >= 0.6 is 11.6 Å². The highest BCUT2D eigenvalue weighted by molar-refractivity contribution is 6.31. The van der Waals surface area contributed by atoms with Gasteiger partial charge in [0.1, 0.15) is 11.9 Å². The summed E-state index contributed by atoms with van der Waals surface area (Å²) in [5.74, 6) is -1.17. The molecule has 2 rings (SSSR count). The third kappa shape index (κ3) is 6.57. The third-order valence-corrected chi connectivity index (χ3v) is 4.88. The van der Waals surface area contributed by atoms with Crippen molar-refractivity contribution in [3.63, 3.8) is 0 Å². The van der Waals surface area contributed by atoms with E-state index in [2.05, 4.69) is 5.32 Å². The molecule has 1 atom stereocenters. The fraction of sp³-hybridized carbons (Fsp3) is 0.391. The van der Waals surface area contributed by atoms with Crippen LogP contribution in [0, 0.1) is 12.7 Å². The maximum atomic E-state index is 14.2. The Balaban J connectivity index is 2.30. The first-order valence-electron chi connectivity index (χ1n) is 9.58. The zero-order valence-electron chi connectivity index (χ0n) is 17.6. The molecule has 0 aliphatic heterocycles. The summed E-state index contributed by atoms with van der Waals surface area (Å²) in [5.41, 5.74) is 1.69. The van der Waals surface area contributed by atoms with E-state index in [-0.39, 0.29) is 35.4 Å². The van der Waals surface area contributed by atoms with E-state index >= 15 is 0 Å². The molecule has 0 fully saturated rings. The number of halogens is 2. The highest BCUT2D eigenvalue weighted by Crippen LogP contribution is 2.21. The molecular formula is C23H28ClFN2O2. The summed E-state index contributed by atoms with van der Waals surface area (Å²) >= 11 is 6.10. The van der Waals surface area contributed by atoms with E-state index in [0.29, 0.717) is 0 Å². The smallest absolute Gasteiger partial charge is 0.242 e. The van der Waals surface area contributed by atoms with Crippen LogP contribution < -0.4 is 5.32 Å². The lowest BCUT2D eigenvalue weighted by Gasteiger charge is -2.31. The zero-order chi connectivity index (χ0) is 21.8. The van der Waals surface area contributed by atoms with Gasteiger partial charge in [-0.15, -0.1) is 0 Å². The highest BCUT2D eigenvalue weighted by Gasteiger charge is 2.29. The maximum Gasteiger partial charge on any atom is 0.242 e. The number of aryl methyl sites for hydroxylation is 1. The monoisotopic (exact) mass is 418 g/mol. The molecule has 0 aliphatic rings. The van der Waals surface area contributed by atoms with Gasteiger partial charge < -0.3 is 10.2 Å². The van der Waals surface area contributed by atoms with Crippen LogP contribution in [-0.4, -0.2) is 28.3 Å². The standard InChI is InChI=1S/C23H28ClFN2O2/c1-15-9-11-17(12-10-15)14-27(16(2)22(29)26-23(3,4)5)21(28)13-18-19(24)7-6-8-20(18)25/h6-12,16H,13-14H2,1-5H3,(H,26,29)/t16-/m1/s1. The predicted octanol–water partition coefficient (Wildman–Crippen LogP) is 4.66. The van der Waals surface area contributed by atoms with Crippen LogP contribution in [0.5, 0.6) is 0 Å². The Kier molecular flexibility index (Phi) is 7.42. The van der Waals surface area contributed by atoms with Crippen molar-refractivity contribution < 1.29 is 14.0 Å². The molecule has 0 aliphatic carbocycles. The van der Waals surface area contributed by atoms with Crippen LogP contribution in [0.1, 0.15) is 44.4 Å². The molecule has 2 aromatic rings. The number of hydrogen-bond donors (Lipinski definition) is 1. The minimum absolute atomic E-state index is 0.136. The number of hydrogen-bond acceptors (Lipinski definition) is 2. The Morgan fingerprint density at radius 3 is 2.31 bits per heavy atom. The van der Waals surface area contributed by atoms with Crippen LogP contribution in [0.15, 0.2) is 42.5 Å². The largest absolute Gasteiger partial charge is 0.350 e. The van der Waals surface area contributed by atoms with Crippen molar-refractivity contribution in [3.05, 3.63) is 70.0 Å². The van der Waals surface area contributed by atoms with Gasteiger partial charge in [0.25, 0.3) is 0 Å². The molecule has 0 bridgehead atoms. The summed E-state index contributed by atoms with van der Waals surface area (Å²) < 4.78 is 14.2. The highest BCUT2D eigenvalue weighted by atomic mass is 35.5. The number of benzene rings is 2. The summed E-state index contributed by atoms with van der Waals surface area (Å²) in [6.45, 7) is 9.53. The lowest BCUT2D eigenvalue weighted by Crippen LogP contribution is -2.52. The molecule has 29 heavy (non-hydrogen) atoms. The van der Waals surface area contributed by atoms with Crippen LogP contribution in [0.25, 0.3) is 0 Å². The summed E-state index contributed by atoms with van der Waals surface area (Å²) in [5, 5.41) is 3.10. The number of rotatable bonds is 6. The van der Waals surface area contributed by atoms with E-state index in [1.165, 1.54) is 17.0 Å². The minimum Gasteiger partial charge on any atom is -0.350 e. The van der Waals surface area contributed by atoms with Crippen molar-refractivity contribution in [1.29, 1.82) is 0 Å². The van der Waals surface area contributed by atoms with Gasteiger partial charge in [0, 0.05) is 22.7 Å². The second-order valence-corrected chi connectivity index (χ2v) is 8.71. The Hall–Kier alpha value is -2.40. The van der Waals surface area contributed by atoms with Gasteiger partial charge in [-0.1, -0.05) is 47.5 Å². The van der Waals surface area contributed by atoms with Crippen LogP contribution in [0.4, 0.5) is 4.39 Å². The number of nitrogens with zero attached hydrogens (tertiary/aromatic N) is 1. The number of carbonyl (C=O) groups excluding carboxylic acids is 2. The van der Waals surface area contributed by atoms with E-state index in [1.807, 2.05) is 52.0 Å². The van der Waals surface area contributed by atoms with Crippen LogP contribution in [0.2, 0.25) is 5.02 Å². The Labute approximate surface area is 177 Å². The second-order valence-electron chi connectivity index (χ2n) is 8.30. The molecule has 0 unspecified atom stereocenters. The SMILES string of the molecule is Cc1ccc(CN(C(=O)Cc2c(F)cccc2Cl)[C@H](C)C(=O)NC(C)(C)C)cc1. The Bertz CT molecular complexity index is 855. The zero-order valence-corrected chi connectivity index (χ0v) is 18.3. The van der Waals surface area contributed by atoms with Crippen molar-refractivity contribution in [2.75, 3.05) is 0 Å². The summed E-state index contributed by atoms with van der Waals surface area (Å²) in [6, 6.07) is 11.3. The van der Waals surface area contributed by atoms with Crippen molar-refractivity contribution in [2.45, 2.75) is 59.2 Å². The number of carbonyl (C=O) groups is 2. The van der Waals surface area contributed by atoms with Gasteiger partial charge in [0.2, 0.25) is 11.8 Å². The van der Waals surface area contributed by atoms with Gasteiger partial charge in [0.05, 0.1) is 6.42 Å². The van der Waals surface area contributed by atoms with Gasteiger partial charge in [0.15, 0.2) is 0 Å². The molecule has 6 heteroatoms. The third-order valence-electron chi connectivity index (χ3n) is 4.53. The quantitative estimate of drug-likeness (QED) is 0.741. The van der Waals surface area contributed by atoms with Crippen molar-refractivity contribution in [3.8, 4) is 0 Å². The molecule has 2 amide bonds. The Morgan fingerprint density at radius 1 is 1.14 bits per heavy atom. The normalized spacial score (nSPS) is 12.4. The molecule has 0 saturated heterocycles. The molecule has 4 nitrogen and oxygen atoms in total. The molecule has 0 saturated carbocycles. The first-order valence-corrected chi connectivity index (χ1v) is 9.95. The number of nitrogens with one attached hydrogen (secondary N) is 1. The van der Waals surface area contributed by atoms with Crippen molar-refractivity contribution in [2.24, 2.45) is 0 Å². The average Bonchev–Trinajstić information content (AvgIpc) is 2.62. The van der Waals surface area contributed by atoms with Crippen molar-refractivity contribution >= 4 is 23.4 Å². The molecule has 156 valence electrons. The van der Waals surface area contributed by atoms with E-state index in [1.54, 1.807) is 13.0 Å². The van der Waals surface area contributed by atoms with E-state index in [0.717, 1.165) is 11.1 Å². The van der Waals surface area contributed by atoms with E-state index in [9.17, 15) is 14.0 Å². The lowest BCUT2D eigenvalue weighted by molar-refractivity contribution is -0.140. The Morgan fingerprint density at radius 2 is 1.76 bits per heavy atom. The van der Waals surface area contributed by atoms with Gasteiger partial charge in [-0.2, -0.15) is 0 Å². The van der Waals surface area contributed by atoms with Gasteiger partial charge in [-0.3, -0.25) is 9.59 Å². The summed E-state index contributed by atoms with van der Waals surface area (Å²) in [6.07, 6.45) is -0.218. The average molecular weight is 419 g/mol. The molecule has 1 N–H and O–H groups in total. The minimum atomic E-state index is -0.728. The predicted molar refractivity (Wildman–Crippen MR) is 114 cm³/mol. The lowest BCUT2D eigenvalue weighted by atomic mass is 10.1. The summed E-state index contributed by atoms with van der Waals surface area (Å²) in [7, 11) is 0. The first-order chi connectivity index (χ1) is 13.5. The maximum absolute atomic E-state index is 14.2. The molecular weight excluding hydrogens is 391 g/mol. The van der Waals surface area contributed by atoms with Crippen LogP contribution in [-0.2, 0) is 22.6 Å². The van der Waals surface area contributed by atoms with Crippen LogP contribution in [0.3, 0.4) is 0 Å². The fourth-order valence-electron chi connectivity index (χ4n) is 2.90. The molecule has 0 aromatic heterocycles. The molecule has 2 aromatic carbocycles. The molecule has 0 spiro atoms. The second kappa shape index (κ2) is 9.40. The van der Waals surface area contributed by atoms with E-state index in [4.69, 9.17) is 11.6 Å². The summed E-state index contributed by atoms with van der Waals surface area (Å²) in [4.78, 5) is 27.3. The first kappa shape index (κ1) is 22.9. The van der Waals surface area contributed by atoms with Gasteiger partial charge in [-0.05, 0) is 52.3 Å². The van der Waals surface area contributed by atoms with Gasteiger partial charge in [-0.25, -0.2) is 4.39 Å².